The largest absolute Gasteiger partial charge is 0.496 e. The van der Waals surface area contributed by atoms with E-state index in [-0.39, 0.29) is 0 Å². The Hall–Kier alpha value is -1.69. The van der Waals surface area contributed by atoms with Gasteiger partial charge in [0, 0.05) is 23.6 Å². The first-order valence-electron chi connectivity index (χ1n) is 5.76. The molecular formula is C12H16N4OS. The van der Waals surface area contributed by atoms with Crippen LogP contribution in [0.15, 0.2) is 18.2 Å². The molecule has 0 unspecified atom stereocenters. The second kappa shape index (κ2) is 5.77. The lowest BCUT2D eigenvalue weighted by Crippen LogP contribution is -2.02. The van der Waals surface area contributed by atoms with Gasteiger partial charge in [0.25, 0.3) is 0 Å². The van der Waals surface area contributed by atoms with Crippen molar-refractivity contribution in [2.24, 2.45) is 0 Å². The number of hydrogen-bond donors (Lipinski definition) is 1. The maximum Gasteiger partial charge on any atom is 0.225 e. The van der Waals surface area contributed by atoms with Crippen molar-refractivity contribution in [2.75, 3.05) is 12.4 Å². The summed E-state index contributed by atoms with van der Waals surface area (Å²) < 4.78 is 9.12. The first-order chi connectivity index (χ1) is 8.70. The zero-order valence-electron chi connectivity index (χ0n) is 10.7. The van der Waals surface area contributed by atoms with Gasteiger partial charge in [0.05, 0.1) is 7.11 Å². The van der Waals surface area contributed by atoms with Crippen molar-refractivity contribution in [2.45, 2.75) is 26.3 Å². The van der Waals surface area contributed by atoms with E-state index in [0.717, 1.165) is 11.3 Å². The summed E-state index contributed by atoms with van der Waals surface area (Å²) in [5.74, 6) is 1.39. The molecule has 1 aromatic carbocycles. The van der Waals surface area contributed by atoms with Gasteiger partial charge >= 0.3 is 0 Å². The topological polar surface area (TPSA) is 59.9 Å². The molecule has 18 heavy (non-hydrogen) atoms. The Morgan fingerprint density at radius 3 is 2.83 bits per heavy atom. The first kappa shape index (κ1) is 12.8. The quantitative estimate of drug-likeness (QED) is 0.899. The number of nitrogens with one attached hydrogen (secondary N) is 1. The van der Waals surface area contributed by atoms with E-state index in [1.807, 2.05) is 0 Å². The lowest BCUT2D eigenvalue weighted by Gasteiger charge is -2.12. The summed E-state index contributed by atoms with van der Waals surface area (Å²) in [6, 6.07) is 6.29. The molecule has 5 nitrogen and oxygen atoms in total. The zero-order chi connectivity index (χ0) is 13.0. The Kier molecular flexibility index (Phi) is 4.09. The molecule has 0 bridgehead atoms. The van der Waals surface area contributed by atoms with Crippen LogP contribution in [0.1, 0.15) is 30.9 Å². The number of benzene rings is 1. The van der Waals surface area contributed by atoms with E-state index in [1.165, 1.54) is 17.1 Å². The standard InChI is InChI=1S/C12H16N4OS/c1-8(2)9-4-5-10(11(6-9)17-3)7-13-12-14-15-16-18-12/h4-6,8H,7H2,1-3H3,(H,13,14,16). The van der Waals surface area contributed by atoms with Crippen molar-refractivity contribution in [3.63, 3.8) is 0 Å². The molecule has 0 atom stereocenters. The highest BCUT2D eigenvalue weighted by Gasteiger charge is 2.07. The van der Waals surface area contributed by atoms with Crippen LogP contribution in [0.3, 0.4) is 0 Å². The fraction of sp³-hybridized carbons (Fsp3) is 0.417. The minimum absolute atomic E-state index is 0.494. The van der Waals surface area contributed by atoms with Crippen LogP contribution in [-0.2, 0) is 6.54 Å². The highest BCUT2D eigenvalue weighted by molar-refractivity contribution is 7.09. The molecule has 0 saturated heterocycles. The van der Waals surface area contributed by atoms with Crippen LogP contribution in [0, 0.1) is 0 Å². The molecule has 2 rings (SSSR count). The van der Waals surface area contributed by atoms with Crippen molar-refractivity contribution in [1.29, 1.82) is 0 Å². The van der Waals surface area contributed by atoms with Crippen LogP contribution >= 0.6 is 11.5 Å². The highest BCUT2D eigenvalue weighted by atomic mass is 32.1. The van der Waals surface area contributed by atoms with Gasteiger partial charge in [-0.2, -0.15) is 0 Å². The zero-order valence-corrected chi connectivity index (χ0v) is 11.5. The predicted octanol–water partition coefficient (Wildman–Crippen LogP) is 2.68. The molecule has 1 N–H and O–H groups in total. The van der Waals surface area contributed by atoms with Gasteiger partial charge in [-0.25, -0.2) is 0 Å². The number of aromatic nitrogens is 3. The smallest absolute Gasteiger partial charge is 0.225 e. The van der Waals surface area contributed by atoms with Crippen molar-refractivity contribution >= 4 is 16.7 Å². The maximum absolute atomic E-state index is 5.42. The highest BCUT2D eigenvalue weighted by Crippen LogP contribution is 2.25. The summed E-state index contributed by atoms with van der Waals surface area (Å²) in [6.07, 6.45) is 0. The summed E-state index contributed by atoms with van der Waals surface area (Å²) in [6.45, 7) is 4.98. The van der Waals surface area contributed by atoms with Gasteiger partial charge in [-0.15, -0.1) is 0 Å². The van der Waals surface area contributed by atoms with Crippen molar-refractivity contribution in [3.05, 3.63) is 29.3 Å². The van der Waals surface area contributed by atoms with Gasteiger partial charge in [-0.1, -0.05) is 35.6 Å². The summed E-state index contributed by atoms with van der Waals surface area (Å²) in [7, 11) is 1.69. The summed E-state index contributed by atoms with van der Waals surface area (Å²) >= 11 is 1.24. The van der Waals surface area contributed by atoms with Crippen LogP contribution in [0.5, 0.6) is 5.75 Å². The summed E-state index contributed by atoms with van der Waals surface area (Å²) in [5.41, 5.74) is 2.37. The minimum atomic E-state index is 0.494. The normalized spacial score (nSPS) is 10.7. The molecule has 1 aromatic heterocycles. The Labute approximate surface area is 110 Å². The number of hydrogen-bond acceptors (Lipinski definition) is 6. The molecule has 1 heterocycles. The van der Waals surface area contributed by atoms with Crippen molar-refractivity contribution < 1.29 is 4.74 Å². The fourth-order valence-electron chi connectivity index (χ4n) is 1.64. The van der Waals surface area contributed by atoms with Gasteiger partial charge in [-0.3, -0.25) is 0 Å². The fourth-order valence-corrected chi connectivity index (χ4v) is 2.00. The van der Waals surface area contributed by atoms with Gasteiger partial charge in [0.15, 0.2) is 0 Å². The molecule has 0 fully saturated rings. The lowest BCUT2D eigenvalue weighted by atomic mass is 10.0. The van der Waals surface area contributed by atoms with E-state index < -0.39 is 0 Å². The SMILES string of the molecule is COc1cc(C(C)C)ccc1CNc1nnns1. The molecule has 0 aliphatic heterocycles. The summed E-state index contributed by atoms with van der Waals surface area (Å²) in [5, 5.41) is 11.3. The molecule has 0 saturated carbocycles. The molecule has 96 valence electrons. The molecule has 0 aliphatic rings. The third kappa shape index (κ3) is 2.95. The third-order valence-corrected chi connectivity index (χ3v) is 3.26. The molecular weight excluding hydrogens is 248 g/mol. The van der Waals surface area contributed by atoms with Crippen LogP contribution in [0.4, 0.5) is 5.13 Å². The van der Waals surface area contributed by atoms with Gasteiger partial charge in [0.2, 0.25) is 5.13 Å². The molecule has 6 heteroatoms. The predicted molar refractivity (Wildman–Crippen MR) is 72.1 cm³/mol. The molecule has 2 aromatic rings. The Morgan fingerprint density at radius 2 is 2.22 bits per heavy atom. The number of ether oxygens (including phenoxy) is 1. The van der Waals surface area contributed by atoms with Crippen molar-refractivity contribution in [3.8, 4) is 5.75 Å². The van der Waals surface area contributed by atoms with E-state index in [1.54, 1.807) is 7.11 Å². The average molecular weight is 264 g/mol. The Bertz CT molecular complexity index is 499. The number of rotatable bonds is 5. The van der Waals surface area contributed by atoms with Gasteiger partial charge in [0.1, 0.15) is 5.75 Å². The third-order valence-electron chi connectivity index (χ3n) is 2.71. The molecule has 0 amide bonds. The molecule has 0 radical (unpaired) electrons. The average Bonchev–Trinajstić information content (AvgIpc) is 2.89. The second-order valence-corrected chi connectivity index (χ2v) is 4.98. The van der Waals surface area contributed by atoms with Crippen LogP contribution in [-0.4, -0.2) is 21.9 Å². The minimum Gasteiger partial charge on any atom is -0.496 e. The van der Waals surface area contributed by atoms with Crippen LogP contribution in [0.25, 0.3) is 0 Å². The van der Waals surface area contributed by atoms with E-state index in [2.05, 4.69) is 52.2 Å². The lowest BCUT2D eigenvalue weighted by molar-refractivity contribution is 0.409. The summed E-state index contributed by atoms with van der Waals surface area (Å²) in [4.78, 5) is 0. The van der Waals surface area contributed by atoms with Gasteiger partial charge in [-0.05, 0) is 22.8 Å². The molecule has 0 spiro atoms. The van der Waals surface area contributed by atoms with Crippen molar-refractivity contribution in [1.82, 2.24) is 14.8 Å². The monoisotopic (exact) mass is 264 g/mol. The van der Waals surface area contributed by atoms with E-state index >= 15 is 0 Å². The van der Waals surface area contributed by atoms with Gasteiger partial charge < -0.3 is 10.1 Å². The number of methoxy groups -OCH3 is 1. The van der Waals surface area contributed by atoms with Crippen LogP contribution < -0.4 is 10.1 Å². The second-order valence-electron chi connectivity index (χ2n) is 4.25. The molecule has 0 aliphatic carbocycles. The van der Waals surface area contributed by atoms with Crippen LogP contribution in [0.2, 0.25) is 0 Å². The first-order valence-corrected chi connectivity index (χ1v) is 6.53. The van der Waals surface area contributed by atoms with E-state index in [4.69, 9.17) is 4.74 Å². The van der Waals surface area contributed by atoms with E-state index in [0.29, 0.717) is 17.6 Å². The maximum atomic E-state index is 5.42. The Balaban J connectivity index is 2.12. The number of anilines is 1. The Morgan fingerprint density at radius 1 is 1.39 bits per heavy atom. The van der Waals surface area contributed by atoms with E-state index in [9.17, 15) is 0 Å². The number of nitrogens with zero attached hydrogens (tertiary/aromatic N) is 3.